The van der Waals surface area contributed by atoms with E-state index in [1.807, 2.05) is 6.92 Å². The molecule has 2 atom stereocenters. The van der Waals surface area contributed by atoms with Crippen LogP contribution in [0, 0.1) is 5.92 Å². The molecule has 4 amide bonds. The van der Waals surface area contributed by atoms with E-state index in [4.69, 9.17) is 0 Å². The van der Waals surface area contributed by atoms with Gasteiger partial charge in [0.1, 0.15) is 12.1 Å². The van der Waals surface area contributed by atoms with Crippen LogP contribution in [-0.2, 0) is 19.6 Å². The zero-order valence-electron chi connectivity index (χ0n) is 18.2. The summed E-state index contributed by atoms with van der Waals surface area (Å²) in [4.78, 5) is 39.0. The van der Waals surface area contributed by atoms with Gasteiger partial charge in [0.15, 0.2) is 0 Å². The van der Waals surface area contributed by atoms with E-state index in [2.05, 4.69) is 10.6 Å². The van der Waals surface area contributed by atoms with Gasteiger partial charge < -0.3 is 10.6 Å². The Bertz CT molecular complexity index is 976. The smallest absolute Gasteiger partial charge is 0.324 e. The van der Waals surface area contributed by atoms with Crippen molar-refractivity contribution in [1.82, 2.24) is 14.5 Å². The number of rotatable bonds is 7. The first kappa shape index (κ1) is 23.2. The lowest BCUT2D eigenvalue weighted by Crippen LogP contribution is -2.54. The van der Waals surface area contributed by atoms with E-state index < -0.39 is 34.0 Å². The SMILES string of the molecule is CCN(CC)S(=O)(=O)c1cccc(NC(=O)CN2C(=O)NC3(CCCCC3C)C2=O)c1. The maximum atomic E-state index is 13.0. The Hall–Kier alpha value is -2.46. The highest BCUT2D eigenvalue weighted by Crippen LogP contribution is 2.38. The highest BCUT2D eigenvalue weighted by atomic mass is 32.2. The third-order valence-corrected chi connectivity index (χ3v) is 8.31. The third-order valence-electron chi connectivity index (χ3n) is 6.26. The second-order valence-corrected chi connectivity index (χ2v) is 10.0. The van der Waals surface area contributed by atoms with E-state index in [1.54, 1.807) is 26.0 Å². The second kappa shape index (κ2) is 8.96. The molecule has 1 saturated heterocycles. The van der Waals surface area contributed by atoms with E-state index in [-0.39, 0.29) is 22.4 Å². The van der Waals surface area contributed by atoms with Crippen molar-refractivity contribution < 1.29 is 22.8 Å². The van der Waals surface area contributed by atoms with Gasteiger partial charge in [-0.05, 0) is 37.0 Å². The molecular formula is C21H30N4O5S. The van der Waals surface area contributed by atoms with Crippen LogP contribution in [0.1, 0.15) is 46.5 Å². The zero-order chi connectivity index (χ0) is 22.8. The van der Waals surface area contributed by atoms with Crippen LogP contribution in [0.2, 0.25) is 0 Å². The van der Waals surface area contributed by atoms with Gasteiger partial charge in [-0.3, -0.25) is 14.5 Å². The summed E-state index contributed by atoms with van der Waals surface area (Å²) < 4.78 is 26.7. The van der Waals surface area contributed by atoms with Gasteiger partial charge in [0, 0.05) is 18.8 Å². The van der Waals surface area contributed by atoms with Gasteiger partial charge in [-0.15, -0.1) is 0 Å². The van der Waals surface area contributed by atoms with Crippen molar-refractivity contribution in [3.8, 4) is 0 Å². The minimum atomic E-state index is -3.67. The molecule has 2 fully saturated rings. The summed E-state index contributed by atoms with van der Waals surface area (Å²) in [5.41, 5.74) is -0.640. The lowest BCUT2D eigenvalue weighted by molar-refractivity contribution is -0.136. The third kappa shape index (κ3) is 4.31. The molecule has 3 rings (SSSR count). The Labute approximate surface area is 183 Å². The first-order valence-corrected chi connectivity index (χ1v) is 12.1. The van der Waals surface area contributed by atoms with E-state index in [1.165, 1.54) is 16.4 Å². The molecule has 1 aromatic rings. The van der Waals surface area contributed by atoms with E-state index >= 15 is 0 Å². The number of sulfonamides is 1. The number of carbonyl (C=O) groups is 3. The van der Waals surface area contributed by atoms with Crippen LogP contribution < -0.4 is 10.6 Å². The van der Waals surface area contributed by atoms with Gasteiger partial charge in [-0.25, -0.2) is 13.2 Å². The summed E-state index contributed by atoms with van der Waals surface area (Å²) in [6.07, 6.45) is 3.28. The molecule has 170 valence electrons. The minimum absolute atomic E-state index is 0.00715. The topological polar surface area (TPSA) is 116 Å². The van der Waals surface area contributed by atoms with Crippen molar-refractivity contribution >= 4 is 33.6 Å². The van der Waals surface area contributed by atoms with Crippen molar-refractivity contribution in [2.45, 2.75) is 56.9 Å². The summed E-state index contributed by atoms with van der Waals surface area (Å²) in [5, 5.41) is 5.42. The van der Waals surface area contributed by atoms with Gasteiger partial charge in [0.05, 0.1) is 4.90 Å². The van der Waals surface area contributed by atoms with Crippen LogP contribution in [0.5, 0.6) is 0 Å². The van der Waals surface area contributed by atoms with Crippen LogP contribution in [0.15, 0.2) is 29.2 Å². The maximum absolute atomic E-state index is 13.0. The Morgan fingerprint density at radius 1 is 1.26 bits per heavy atom. The average molecular weight is 451 g/mol. The Balaban J connectivity index is 1.72. The second-order valence-electron chi connectivity index (χ2n) is 8.10. The standard InChI is InChI=1S/C21H30N4O5S/c1-4-24(5-2)31(29,30)17-11-8-10-16(13-17)22-18(26)14-25-19(27)21(23-20(25)28)12-7-6-9-15(21)3/h8,10-11,13,15H,4-7,9,12,14H2,1-3H3,(H,22,26)(H,23,28). The molecule has 2 unspecified atom stereocenters. The highest BCUT2D eigenvalue weighted by molar-refractivity contribution is 7.89. The van der Waals surface area contributed by atoms with E-state index in [0.29, 0.717) is 19.5 Å². The van der Waals surface area contributed by atoms with Crippen LogP contribution in [0.4, 0.5) is 10.5 Å². The minimum Gasteiger partial charge on any atom is -0.324 e. The maximum Gasteiger partial charge on any atom is 0.325 e. The van der Waals surface area contributed by atoms with Crippen molar-refractivity contribution in [2.24, 2.45) is 5.92 Å². The monoisotopic (exact) mass is 450 g/mol. The summed E-state index contributed by atoms with van der Waals surface area (Å²) in [7, 11) is -3.67. The fourth-order valence-corrected chi connectivity index (χ4v) is 5.93. The number of amides is 4. The van der Waals surface area contributed by atoms with Gasteiger partial charge in [0.25, 0.3) is 5.91 Å². The molecule has 1 heterocycles. The number of hydrogen-bond donors (Lipinski definition) is 2. The first-order chi connectivity index (χ1) is 14.7. The Morgan fingerprint density at radius 3 is 2.61 bits per heavy atom. The van der Waals surface area contributed by atoms with Crippen molar-refractivity contribution in [3.63, 3.8) is 0 Å². The molecule has 0 aromatic heterocycles. The fraction of sp³-hybridized carbons (Fsp3) is 0.571. The number of urea groups is 1. The average Bonchev–Trinajstić information content (AvgIpc) is 2.96. The van der Waals surface area contributed by atoms with Gasteiger partial charge >= 0.3 is 6.03 Å². The highest BCUT2D eigenvalue weighted by Gasteiger charge is 2.55. The summed E-state index contributed by atoms with van der Waals surface area (Å²) in [6, 6.07) is 5.39. The number of nitrogens with zero attached hydrogens (tertiary/aromatic N) is 2. The Kier molecular flexibility index (Phi) is 6.70. The molecule has 9 nitrogen and oxygen atoms in total. The number of anilines is 1. The lowest BCUT2D eigenvalue weighted by Gasteiger charge is -2.36. The summed E-state index contributed by atoms with van der Waals surface area (Å²) >= 11 is 0. The largest absolute Gasteiger partial charge is 0.325 e. The van der Waals surface area contributed by atoms with Crippen molar-refractivity contribution in [1.29, 1.82) is 0 Å². The van der Waals surface area contributed by atoms with Gasteiger partial charge in [-0.2, -0.15) is 4.31 Å². The van der Waals surface area contributed by atoms with Crippen LogP contribution >= 0.6 is 0 Å². The van der Waals surface area contributed by atoms with Crippen LogP contribution in [0.25, 0.3) is 0 Å². The predicted molar refractivity (Wildman–Crippen MR) is 116 cm³/mol. The summed E-state index contributed by atoms with van der Waals surface area (Å²) in [6.45, 7) is 5.70. The number of hydrogen-bond acceptors (Lipinski definition) is 5. The molecule has 0 bridgehead atoms. The predicted octanol–water partition coefficient (Wildman–Crippen LogP) is 2.16. The normalized spacial score (nSPS) is 24.0. The van der Waals surface area contributed by atoms with Crippen LogP contribution in [0.3, 0.4) is 0 Å². The number of benzene rings is 1. The zero-order valence-corrected chi connectivity index (χ0v) is 19.0. The van der Waals surface area contributed by atoms with Gasteiger partial charge in [-0.1, -0.05) is 39.7 Å². The molecule has 10 heteroatoms. The van der Waals surface area contributed by atoms with E-state index in [9.17, 15) is 22.8 Å². The van der Waals surface area contributed by atoms with Crippen molar-refractivity contribution in [2.75, 3.05) is 25.0 Å². The molecule has 1 aliphatic heterocycles. The number of nitrogens with one attached hydrogen (secondary N) is 2. The molecular weight excluding hydrogens is 420 g/mol. The van der Waals surface area contributed by atoms with Gasteiger partial charge in [0.2, 0.25) is 15.9 Å². The molecule has 1 spiro atoms. The molecule has 1 aromatic carbocycles. The molecule has 31 heavy (non-hydrogen) atoms. The van der Waals surface area contributed by atoms with E-state index in [0.717, 1.165) is 24.2 Å². The molecule has 1 saturated carbocycles. The van der Waals surface area contributed by atoms with Crippen molar-refractivity contribution in [3.05, 3.63) is 24.3 Å². The lowest BCUT2D eigenvalue weighted by atomic mass is 9.73. The Morgan fingerprint density at radius 2 is 1.97 bits per heavy atom. The molecule has 2 aliphatic rings. The fourth-order valence-electron chi connectivity index (χ4n) is 4.43. The number of carbonyl (C=O) groups excluding carboxylic acids is 3. The molecule has 2 N–H and O–H groups in total. The molecule has 0 radical (unpaired) electrons. The number of imide groups is 1. The first-order valence-electron chi connectivity index (χ1n) is 10.7. The van der Waals surface area contributed by atoms with Crippen LogP contribution in [-0.4, -0.2) is 60.6 Å². The quantitative estimate of drug-likeness (QED) is 0.618. The summed E-state index contributed by atoms with van der Waals surface area (Å²) in [5.74, 6) is -0.924. The molecule has 1 aliphatic carbocycles.